The van der Waals surface area contributed by atoms with Crippen LogP contribution >= 0.6 is 0 Å². The van der Waals surface area contributed by atoms with Crippen LogP contribution in [0.1, 0.15) is 37.0 Å². The number of hydrogen-bond acceptors (Lipinski definition) is 4. The fourth-order valence-corrected chi connectivity index (χ4v) is 3.21. The topological polar surface area (TPSA) is 48.0 Å². The van der Waals surface area contributed by atoms with Gasteiger partial charge in [-0.15, -0.1) is 0 Å². The molecule has 0 bridgehead atoms. The summed E-state index contributed by atoms with van der Waals surface area (Å²) in [6, 6.07) is 7.41. The molecule has 3 unspecified atom stereocenters. The summed E-state index contributed by atoms with van der Waals surface area (Å²) < 4.78 is 17.0. The summed E-state index contributed by atoms with van der Waals surface area (Å²) in [5, 5.41) is 0. The standard InChI is InChI=1S/C18H25NO4/c1-13-10-19(11-14(2)23-13)18(20)15-5-3-6-16(9-15)22-12-17-7-4-8-21-17/h3,5-6,9,13-14,17H,4,7-8,10-12H2,1-2H3. The van der Waals surface area contributed by atoms with E-state index in [1.807, 2.05) is 43.0 Å². The molecule has 0 aliphatic carbocycles. The quantitative estimate of drug-likeness (QED) is 0.855. The van der Waals surface area contributed by atoms with Gasteiger partial charge in [-0.1, -0.05) is 6.07 Å². The van der Waals surface area contributed by atoms with Crippen LogP contribution in [0.4, 0.5) is 0 Å². The Morgan fingerprint density at radius 3 is 2.78 bits per heavy atom. The molecule has 2 aliphatic heterocycles. The first-order valence-electron chi connectivity index (χ1n) is 8.41. The number of hydrogen-bond donors (Lipinski definition) is 0. The van der Waals surface area contributed by atoms with Gasteiger partial charge in [-0.25, -0.2) is 0 Å². The number of rotatable bonds is 4. The number of morpholine rings is 1. The van der Waals surface area contributed by atoms with Gasteiger partial charge in [0.15, 0.2) is 0 Å². The predicted molar refractivity (Wildman–Crippen MR) is 86.8 cm³/mol. The lowest BCUT2D eigenvalue weighted by atomic mass is 10.1. The Labute approximate surface area is 137 Å². The van der Waals surface area contributed by atoms with Crippen molar-refractivity contribution in [3.8, 4) is 5.75 Å². The third-order valence-corrected chi connectivity index (χ3v) is 4.25. The summed E-state index contributed by atoms with van der Waals surface area (Å²) in [4.78, 5) is 14.6. The minimum absolute atomic E-state index is 0.0366. The SMILES string of the molecule is CC1CN(C(=O)c2cccc(OCC3CCCO3)c2)CC(C)O1. The average molecular weight is 319 g/mol. The van der Waals surface area contributed by atoms with E-state index < -0.39 is 0 Å². The summed E-state index contributed by atoms with van der Waals surface area (Å²) in [7, 11) is 0. The second-order valence-electron chi connectivity index (χ2n) is 6.44. The minimum Gasteiger partial charge on any atom is -0.491 e. The summed E-state index contributed by atoms with van der Waals surface area (Å²) >= 11 is 0. The molecule has 3 rings (SSSR count). The van der Waals surface area contributed by atoms with Crippen molar-refractivity contribution >= 4 is 5.91 Å². The molecule has 126 valence electrons. The Bertz CT molecular complexity index is 532. The summed E-state index contributed by atoms with van der Waals surface area (Å²) in [6.07, 6.45) is 2.46. The third-order valence-electron chi connectivity index (χ3n) is 4.25. The molecule has 23 heavy (non-hydrogen) atoms. The van der Waals surface area contributed by atoms with E-state index in [1.54, 1.807) is 0 Å². The lowest BCUT2D eigenvalue weighted by Crippen LogP contribution is -2.48. The molecule has 1 amide bonds. The highest BCUT2D eigenvalue weighted by atomic mass is 16.5. The first-order chi connectivity index (χ1) is 11.1. The van der Waals surface area contributed by atoms with Crippen LogP contribution in [-0.4, -0.2) is 55.4 Å². The summed E-state index contributed by atoms with van der Waals surface area (Å²) in [5.41, 5.74) is 0.663. The number of carbonyl (C=O) groups is 1. The molecule has 0 radical (unpaired) electrons. The van der Waals surface area contributed by atoms with E-state index in [-0.39, 0.29) is 24.2 Å². The fraction of sp³-hybridized carbons (Fsp3) is 0.611. The van der Waals surface area contributed by atoms with Crippen LogP contribution in [0.15, 0.2) is 24.3 Å². The van der Waals surface area contributed by atoms with Crippen molar-refractivity contribution in [3.05, 3.63) is 29.8 Å². The normalized spacial score (nSPS) is 27.9. The van der Waals surface area contributed by atoms with Gasteiger partial charge in [0.05, 0.1) is 18.3 Å². The number of nitrogens with zero attached hydrogens (tertiary/aromatic N) is 1. The monoisotopic (exact) mass is 319 g/mol. The summed E-state index contributed by atoms with van der Waals surface area (Å²) in [6.45, 7) is 6.62. The molecule has 1 aromatic rings. The van der Waals surface area contributed by atoms with E-state index in [0.29, 0.717) is 25.3 Å². The fourth-order valence-electron chi connectivity index (χ4n) is 3.21. The maximum atomic E-state index is 12.7. The Morgan fingerprint density at radius 1 is 1.30 bits per heavy atom. The van der Waals surface area contributed by atoms with E-state index in [1.165, 1.54) is 0 Å². The van der Waals surface area contributed by atoms with E-state index in [9.17, 15) is 4.79 Å². The van der Waals surface area contributed by atoms with Gasteiger partial charge in [-0.3, -0.25) is 4.79 Å². The van der Waals surface area contributed by atoms with Crippen LogP contribution < -0.4 is 4.74 Å². The smallest absolute Gasteiger partial charge is 0.254 e. The van der Waals surface area contributed by atoms with Crippen LogP contribution in [0.2, 0.25) is 0 Å². The Kier molecular flexibility index (Phi) is 5.18. The number of amides is 1. The highest BCUT2D eigenvalue weighted by Gasteiger charge is 2.26. The average Bonchev–Trinajstić information content (AvgIpc) is 3.05. The van der Waals surface area contributed by atoms with Crippen LogP contribution in [0, 0.1) is 0 Å². The van der Waals surface area contributed by atoms with Crippen molar-refractivity contribution in [3.63, 3.8) is 0 Å². The molecule has 2 aliphatic rings. The number of ether oxygens (including phenoxy) is 3. The lowest BCUT2D eigenvalue weighted by molar-refractivity contribution is -0.0586. The van der Waals surface area contributed by atoms with Crippen molar-refractivity contribution < 1.29 is 19.0 Å². The van der Waals surface area contributed by atoms with Gasteiger partial charge in [0.25, 0.3) is 5.91 Å². The molecule has 0 aromatic heterocycles. The second-order valence-corrected chi connectivity index (χ2v) is 6.44. The zero-order valence-electron chi connectivity index (χ0n) is 13.9. The molecule has 5 heteroatoms. The second kappa shape index (κ2) is 7.32. The van der Waals surface area contributed by atoms with Crippen LogP contribution in [0.25, 0.3) is 0 Å². The third kappa shape index (κ3) is 4.24. The zero-order valence-corrected chi connectivity index (χ0v) is 13.9. The Hall–Kier alpha value is -1.59. The predicted octanol–water partition coefficient (Wildman–Crippen LogP) is 2.49. The van der Waals surface area contributed by atoms with Crippen LogP contribution in [0.3, 0.4) is 0 Å². The zero-order chi connectivity index (χ0) is 16.2. The lowest BCUT2D eigenvalue weighted by Gasteiger charge is -2.35. The minimum atomic E-state index is 0.0366. The van der Waals surface area contributed by atoms with Crippen molar-refractivity contribution in [2.24, 2.45) is 0 Å². The molecular formula is C18H25NO4. The van der Waals surface area contributed by atoms with Crippen LogP contribution in [-0.2, 0) is 9.47 Å². The van der Waals surface area contributed by atoms with E-state index in [4.69, 9.17) is 14.2 Å². The molecule has 2 saturated heterocycles. The first-order valence-corrected chi connectivity index (χ1v) is 8.41. The highest BCUT2D eigenvalue weighted by molar-refractivity contribution is 5.94. The number of carbonyl (C=O) groups excluding carboxylic acids is 1. The van der Waals surface area contributed by atoms with E-state index in [0.717, 1.165) is 25.2 Å². The van der Waals surface area contributed by atoms with Gasteiger partial charge < -0.3 is 19.1 Å². The maximum absolute atomic E-state index is 12.7. The molecule has 0 spiro atoms. The van der Waals surface area contributed by atoms with Crippen LogP contribution in [0.5, 0.6) is 5.75 Å². The first kappa shape index (κ1) is 16.3. The van der Waals surface area contributed by atoms with Crippen molar-refractivity contribution in [2.75, 3.05) is 26.3 Å². The molecule has 2 fully saturated rings. The Morgan fingerprint density at radius 2 is 2.09 bits per heavy atom. The molecule has 1 aromatic carbocycles. The van der Waals surface area contributed by atoms with Gasteiger partial charge in [0, 0.05) is 25.3 Å². The Balaban J connectivity index is 1.62. The maximum Gasteiger partial charge on any atom is 0.254 e. The van der Waals surface area contributed by atoms with Crippen molar-refractivity contribution in [2.45, 2.75) is 45.0 Å². The van der Waals surface area contributed by atoms with Crippen molar-refractivity contribution in [1.29, 1.82) is 0 Å². The van der Waals surface area contributed by atoms with Gasteiger partial charge >= 0.3 is 0 Å². The van der Waals surface area contributed by atoms with Gasteiger partial charge in [-0.2, -0.15) is 0 Å². The van der Waals surface area contributed by atoms with Crippen molar-refractivity contribution in [1.82, 2.24) is 4.90 Å². The molecular weight excluding hydrogens is 294 g/mol. The molecule has 0 N–H and O–H groups in total. The number of benzene rings is 1. The summed E-state index contributed by atoms with van der Waals surface area (Å²) in [5.74, 6) is 0.760. The van der Waals surface area contributed by atoms with Gasteiger partial charge in [-0.05, 0) is 44.9 Å². The molecule has 0 saturated carbocycles. The largest absolute Gasteiger partial charge is 0.491 e. The highest BCUT2D eigenvalue weighted by Crippen LogP contribution is 2.20. The van der Waals surface area contributed by atoms with E-state index >= 15 is 0 Å². The van der Waals surface area contributed by atoms with Gasteiger partial charge in [0.1, 0.15) is 12.4 Å². The molecule has 5 nitrogen and oxygen atoms in total. The van der Waals surface area contributed by atoms with E-state index in [2.05, 4.69) is 0 Å². The van der Waals surface area contributed by atoms with Gasteiger partial charge in [0.2, 0.25) is 0 Å². The molecule has 2 heterocycles. The molecule has 3 atom stereocenters.